The van der Waals surface area contributed by atoms with E-state index in [4.69, 9.17) is 9.47 Å². The van der Waals surface area contributed by atoms with Crippen LogP contribution in [0.25, 0.3) is 10.1 Å². The Morgan fingerprint density at radius 2 is 1.86 bits per heavy atom. The second-order valence-electron chi connectivity index (χ2n) is 12.8. The van der Waals surface area contributed by atoms with Crippen molar-refractivity contribution in [3.05, 3.63) is 46.8 Å². The summed E-state index contributed by atoms with van der Waals surface area (Å²) in [5.74, 6) is 6.58. The molecule has 3 aromatic rings. The largest absolute Gasteiger partial charge is 0.495 e. The van der Waals surface area contributed by atoms with E-state index >= 15 is 0 Å². The summed E-state index contributed by atoms with van der Waals surface area (Å²) in [6.45, 7) is 7.70. The zero-order valence-corrected chi connectivity index (χ0v) is 27.1. The Bertz CT molecular complexity index is 1620. The first kappa shape index (κ1) is 31.3. The van der Waals surface area contributed by atoms with Crippen LogP contribution >= 0.6 is 18.5 Å². The van der Waals surface area contributed by atoms with Gasteiger partial charge in [-0.3, -0.25) is 4.90 Å². The molecular weight excluding hydrogens is 606 g/mol. The minimum atomic E-state index is -4.35. The van der Waals surface area contributed by atoms with E-state index in [2.05, 4.69) is 27.4 Å². The van der Waals surface area contributed by atoms with Gasteiger partial charge in [-0.2, -0.15) is 13.2 Å². The Labute approximate surface area is 261 Å². The molecule has 1 aromatic heterocycles. The monoisotopic (exact) mass is 645 g/mol. The minimum Gasteiger partial charge on any atom is -0.495 e. The number of methoxy groups -OCH3 is 1. The zero-order valence-electron chi connectivity index (χ0n) is 25.4. The lowest BCUT2D eigenvalue weighted by Gasteiger charge is -2.58. The average Bonchev–Trinajstić information content (AvgIpc) is 3.26. The highest BCUT2D eigenvalue weighted by molar-refractivity contribution is 7.70. The first-order valence-corrected chi connectivity index (χ1v) is 18.5. The number of anilines is 2. The topological polar surface area (TPSA) is 62.8 Å². The van der Waals surface area contributed by atoms with Crippen LogP contribution in [0.2, 0.25) is 0 Å². The first-order chi connectivity index (χ1) is 20.9. The van der Waals surface area contributed by atoms with Crippen molar-refractivity contribution in [2.75, 3.05) is 63.9 Å². The van der Waals surface area contributed by atoms with E-state index in [9.17, 15) is 17.7 Å². The van der Waals surface area contributed by atoms with Crippen LogP contribution in [-0.4, -0.2) is 76.4 Å². The predicted octanol–water partition coefficient (Wildman–Crippen LogP) is 6.78. The Kier molecular flexibility index (Phi) is 8.71. The van der Waals surface area contributed by atoms with Crippen molar-refractivity contribution < 1.29 is 27.2 Å². The zero-order chi connectivity index (χ0) is 31.1. The number of nitrogens with one attached hydrogen (secondary N) is 2. The van der Waals surface area contributed by atoms with Gasteiger partial charge < -0.3 is 24.7 Å². The molecule has 2 saturated heterocycles. The quantitative estimate of drug-likeness (QED) is 0.208. The van der Waals surface area contributed by atoms with Gasteiger partial charge in [0.1, 0.15) is 12.9 Å². The van der Waals surface area contributed by atoms with Crippen LogP contribution in [0.4, 0.5) is 24.5 Å². The molecule has 1 aliphatic carbocycles. The lowest BCUT2D eigenvalue weighted by molar-refractivity contribution is -0.200. The highest BCUT2D eigenvalue weighted by Gasteiger charge is 2.50. The molecule has 2 N–H and O–H groups in total. The number of fused-ring (bicyclic) bond motifs is 1. The fraction of sp³-hybridized carbons (Fsp3) is 0.515. The van der Waals surface area contributed by atoms with Crippen LogP contribution in [0.5, 0.6) is 5.75 Å². The SMILES string of the molecule is COc1cc(P(C)(C)=O)ccc1NCC#Cc1sc2c(NC3CCC(N4CC5(COC5)C4)CC3)cccc2c1CC(F)(F)F. The molecule has 1 spiro atoms. The normalized spacial score (nSPS) is 21.7. The fourth-order valence-corrected chi connectivity index (χ4v) is 8.67. The van der Waals surface area contributed by atoms with E-state index in [0.29, 0.717) is 44.5 Å². The van der Waals surface area contributed by atoms with Crippen LogP contribution in [0.3, 0.4) is 0 Å². The number of hydrogen-bond acceptors (Lipinski definition) is 7. The summed E-state index contributed by atoms with van der Waals surface area (Å²) in [4.78, 5) is 3.03. The van der Waals surface area contributed by atoms with Crippen molar-refractivity contribution in [2.24, 2.45) is 5.41 Å². The molecular formula is C33H39F3N3O3PS. The molecule has 44 heavy (non-hydrogen) atoms. The van der Waals surface area contributed by atoms with Crippen molar-refractivity contribution >= 4 is 45.2 Å². The van der Waals surface area contributed by atoms with Crippen LogP contribution in [-0.2, 0) is 15.7 Å². The molecule has 3 fully saturated rings. The molecule has 0 unspecified atom stereocenters. The van der Waals surface area contributed by atoms with Crippen molar-refractivity contribution in [3.8, 4) is 17.6 Å². The number of nitrogens with zero attached hydrogens (tertiary/aromatic N) is 1. The number of rotatable bonds is 8. The second-order valence-corrected chi connectivity index (χ2v) is 17.1. The van der Waals surface area contributed by atoms with Crippen molar-refractivity contribution in [1.82, 2.24) is 4.90 Å². The van der Waals surface area contributed by atoms with Gasteiger partial charge in [-0.15, -0.1) is 11.3 Å². The second kappa shape index (κ2) is 12.2. The van der Waals surface area contributed by atoms with Gasteiger partial charge in [-0.05, 0) is 74.2 Å². The molecule has 0 atom stereocenters. The van der Waals surface area contributed by atoms with E-state index < -0.39 is 19.7 Å². The van der Waals surface area contributed by atoms with Gasteiger partial charge in [0.05, 0.1) is 54.2 Å². The summed E-state index contributed by atoms with van der Waals surface area (Å²) in [6.07, 6.45) is -1.04. The van der Waals surface area contributed by atoms with Crippen molar-refractivity contribution in [2.45, 2.75) is 50.4 Å². The fourth-order valence-electron chi connectivity index (χ4n) is 6.64. The summed E-state index contributed by atoms with van der Waals surface area (Å²) in [7, 11) is -0.912. The van der Waals surface area contributed by atoms with Gasteiger partial charge in [0.15, 0.2) is 0 Å². The molecule has 6 nitrogen and oxygen atoms in total. The van der Waals surface area contributed by atoms with Crippen molar-refractivity contribution in [3.63, 3.8) is 0 Å². The van der Waals surface area contributed by atoms with Crippen LogP contribution in [0.15, 0.2) is 36.4 Å². The first-order valence-electron chi connectivity index (χ1n) is 15.1. The molecule has 2 aromatic carbocycles. The van der Waals surface area contributed by atoms with Gasteiger partial charge in [0, 0.05) is 35.9 Å². The smallest absolute Gasteiger partial charge is 0.393 e. The standard InChI is InChI=1S/C33H39F3N3O3PS/c1-41-29-16-24(43(2,3)40)13-14-27(29)37-15-5-8-30-26(17-33(34,35)36)25-6-4-7-28(31(25)44-30)38-22-9-11-23(12-10-22)39-18-32(19-39)20-42-21-32/h4,6-7,13-14,16,22-23,37-38H,9-12,15,17-21H2,1-3H3. The third-order valence-electron chi connectivity index (χ3n) is 9.04. The highest BCUT2D eigenvalue weighted by Crippen LogP contribution is 2.43. The summed E-state index contributed by atoms with van der Waals surface area (Å²) in [5, 5.41) is 8.17. The molecule has 11 heteroatoms. The van der Waals surface area contributed by atoms with Crippen LogP contribution in [0, 0.1) is 17.3 Å². The maximum absolute atomic E-state index is 13.7. The number of halogens is 3. The number of ether oxygens (including phenoxy) is 2. The molecule has 6 rings (SSSR count). The Morgan fingerprint density at radius 3 is 2.50 bits per heavy atom. The molecule has 3 aliphatic rings. The molecule has 1 saturated carbocycles. The summed E-state index contributed by atoms with van der Waals surface area (Å²) in [6, 6.07) is 11.8. The lowest BCUT2D eigenvalue weighted by atomic mass is 9.75. The Balaban J connectivity index is 1.16. The number of benzene rings is 2. The van der Waals surface area contributed by atoms with Gasteiger partial charge in [-0.1, -0.05) is 24.0 Å². The van der Waals surface area contributed by atoms with Gasteiger partial charge in [0.25, 0.3) is 0 Å². The Morgan fingerprint density at radius 1 is 1.11 bits per heavy atom. The van der Waals surface area contributed by atoms with Crippen LogP contribution in [0.1, 0.15) is 36.1 Å². The highest BCUT2D eigenvalue weighted by atomic mass is 32.1. The summed E-state index contributed by atoms with van der Waals surface area (Å²) < 4.78 is 65.3. The Hall–Kier alpha value is -2.70. The van der Waals surface area contributed by atoms with E-state index in [0.717, 1.165) is 62.4 Å². The van der Waals surface area contributed by atoms with Crippen LogP contribution < -0.4 is 20.7 Å². The molecule has 2 aliphatic heterocycles. The van der Waals surface area contributed by atoms with E-state index in [1.165, 1.54) is 18.4 Å². The van der Waals surface area contributed by atoms with E-state index in [1.807, 2.05) is 12.1 Å². The number of alkyl halides is 3. The van der Waals surface area contributed by atoms with Crippen molar-refractivity contribution in [1.29, 1.82) is 0 Å². The maximum Gasteiger partial charge on any atom is 0.393 e. The predicted molar refractivity (Wildman–Crippen MR) is 174 cm³/mol. The average molecular weight is 646 g/mol. The third-order valence-corrected chi connectivity index (χ3v) is 11.8. The molecule has 3 heterocycles. The minimum absolute atomic E-state index is 0.213. The summed E-state index contributed by atoms with van der Waals surface area (Å²) in [5.41, 5.74) is 2.21. The number of thiophene rings is 1. The molecule has 0 amide bonds. The maximum atomic E-state index is 13.7. The molecule has 236 valence electrons. The molecule has 0 radical (unpaired) electrons. The van der Waals surface area contributed by atoms with E-state index in [-0.39, 0.29) is 12.1 Å². The summed E-state index contributed by atoms with van der Waals surface area (Å²) >= 11 is 1.33. The van der Waals surface area contributed by atoms with E-state index in [1.54, 1.807) is 37.6 Å². The van der Waals surface area contributed by atoms with Gasteiger partial charge in [-0.25, -0.2) is 0 Å². The third kappa shape index (κ3) is 6.77. The molecule has 0 bridgehead atoms. The van der Waals surface area contributed by atoms with Gasteiger partial charge >= 0.3 is 6.18 Å². The number of likely N-dealkylation sites (tertiary alicyclic amines) is 1. The number of hydrogen-bond donors (Lipinski definition) is 2. The van der Waals surface area contributed by atoms with Gasteiger partial charge in [0.2, 0.25) is 0 Å². The lowest BCUT2D eigenvalue weighted by Crippen LogP contribution is -2.68.